The maximum Gasteiger partial charge on any atom is 0.244 e. The van der Waals surface area contributed by atoms with Crippen LogP contribution in [-0.4, -0.2) is 36.0 Å². The molecule has 1 fully saturated rings. The van der Waals surface area contributed by atoms with Gasteiger partial charge in [0.05, 0.1) is 6.67 Å². The molecule has 0 radical (unpaired) electrons. The van der Waals surface area contributed by atoms with Crippen molar-refractivity contribution in [3.05, 3.63) is 54.6 Å². The van der Waals surface area contributed by atoms with Gasteiger partial charge in [-0.1, -0.05) is 32.0 Å². The highest BCUT2D eigenvalue weighted by molar-refractivity contribution is 5.94. The first kappa shape index (κ1) is 18.9. The Morgan fingerprint density at radius 2 is 1.81 bits per heavy atom. The summed E-state index contributed by atoms with van der Waals surface area (Å²) in [5, 5.41) is 6.13. The zero-order valence-electron chi connectivity index (χ0n) is 15.6. The SMILES string of the molecule is CC(C)C1CC(=O)N(CC(=O)Nc2ccc(Oc3ccccc3)cc2)CN1. The summed E-state index contributed by atoms with van der Waals surface area (Å²) in [6, 6.07) is 16.8. The van der Waals surface area contributed by atoms with Crippen LogP contribution < -0.4 is 15.4 Å². The molecule has 2 amide bonds. The second kappa shape index (κ2) is 8.68. The van der Waals surface area contributed by atoms with Crippen molar-refractivity contribution in [2.45, 2.75) is 26.3 Å². The molecule has 0 spiro atoms. The number of hydrogen-bond acceptors (Lipinski definition) is 4. The lowest BCUT2D eigenvalue weighted by Crippen LogP contribution is -2.54. The van der Waals surface area contributed by atoms with Crippen LogP contribution in [0.2, 0.25) is 0 Å². The largest absolute Gasteiger partial charge is 0.457 e. The van der Waals surface area contributed by atoms with Crippen LogP contribution in [0.3, 0.4) is 0 Å². The first-order valence-corrected chi connectivity index (χ1v) is 9.15. The van der Waals surface area contributed by atoms with Crippen LogP contribution >= 0.6 is 0 Å². The minimum absolute atomic E-state index is 0.00853. The van der Waals surface area contributed by atoms with Gasteiger partial charge in [-0.3, -0.25) is 14.9 Å². The molecule has 2 aromatic carbocycles. The number of benzene rings is 2. The predicted molar refractivity (Wildman–Crippen MR) is 105 cm³/mol. The maximum absolute atomic E-state index is 12.3. The second-order valence-corrected chi connectivity index (χ2v) is 7.00. The predicted octanol–water partition coefficient (Wildman–Crippen LogP) is 3.22. The fourth-order valence-corrected chi connectivity index (χ4v) is 2.93. The van der Waals surface area contributed by atoms with Gasteiger partial charge in [-0.25, -0.2) is 0 Å². The molecule has 1 heterocycles. The molecule has 27 heavy (non-hydrogen) atoms. The van der Waals surface area contributed by atoms with Crippen molar-refractivity contribution in [2.24, 2.45) is 5.92 Å². The zero-order valence-corrected chi connectivity index (χ0v) is 15.6. The van der Waals surface area contributed by atoms with Gasteiger partial charge in [0.2, 0.25) is 11.8 Å². The summed E-state index contributed by atoms with van der Waals surface area (Å²) in [4.78, 5) is 26.0. The minimum Gasteiger partial charge on any atom is -0.457 e. The van der Waals surface area contributed by atoms with Crippen molar-refractivity contribution >= 4 is 17.5 Å². The van der Waals surface area contributed by atoms with Gasteiger partial charge in [-0.05, 0) is 42.3 Å². The summed E-state index contributed by atoms with van der Waals surface area (Å²) < 4.78 is 5.73. The molecule has 0 aliphatic carbocycles. The van der Waals surface area contributed by atoms with E-state index in [2.05, 4.69) is 24.5 Å². The molecule has 1 saturated heterocycles. The molecule has 1 unspecified atom stereocenters. The van der Waals surface area contributed by atoms with Crippen LogP contribution in [0, 0.1) is 5.92 Å². The normalized spacial score (nSPS) is 17.1. The summed E-state index contributed by atoms with van der Waals surface area (Å²) in [5.74, 6) is 1.63. The molecular weight excluding hydrogens is 342 g/mol. The number of nitrogens with zero attached hydrogens (tertiary/aromatic N) is 1. The van der Waals surface area contributed by atoms with Crippen molar-refractivity contribution in [3.63, 3.8) is 0 Å². The topological polar surface area (TPSA) is 70.7 Å². The molecule has 3 rings (SSSR count). The second-order valence-electron chi connectivity index (χ2n) is 7.00. The highest BCUT2D eigenvalue weighted by Crippen LogP contribution is 2.22. The zero-order chi connectivity index (χ0) is 19.2. The van der Waals surface area contributed by atoms with Crippen LogP contribution in [-0.2, 0) is 9.59 Å². The molecule has 6 heteroatoms. The first-order chi connectivity index (χ1) is 13.0. The van der Waals surface area contributed by atoms with Crippen molar-refractivity contribution in [1.82, 2.24) is 10.2 Å². The fraction of sp³-hybridized carbons (Fsp3) is 0.333. The number of anilines is 1. The summed E-state index contributed by atoms with van der Waals surface area (Å²) in [7, 11) is 0. The summed E-state index contributed by atoms with van der Waals surface area (Å²) in [6.07, 6.45) is 0.427. The smallest absolute Gasteiger partial charge is 0.244 e. The van der Waals surface area contributed by atoms with Gasteiger partial charge >= 0.3 is 0 Å². The van der Waals surface area contributed by atoms with Crippen LogP contribution in [0.1, 0.15) is 20.3 Å². The molecule has 2 aromatic rings. The molecule has 1 atom stereocenters. The number of amides is 2. The number of carbonyl (C=O) groups excluding carboxylic acids is 2. The van der Waals surface area contributed by atoms with E-state index < -0.39 is 0 Å². The van der Waals surface area contributed by atoms with Crippen LogP contribution in [0.15, 0.2) is 54.6 Å². The lowest BCUT2D eigenvalue weighted by atomic mass is 9.99. The standard InChI is InChI=1S/C21H25N3O3/c1-15(2)19-12-21(26)24(14-22-19)13-20(25)23-16-8-10-18(11-9-16)27-17-6-4-3-5-7-17/h3-11,15,19,22H,12-14H2,1-2H3,(H,23,25). The molecule has 0 bridgehead atoms. The van der Waals surface area contributed by atoms with Crippen molar-refractivity contribution in [3.8, 4) is 11.5 Å². The van der Waals surface area contributed by atoms with Crippen LogP contribution in [0.4, 0.5) is 5.69 Å². The third-order valence-electron chi connectivity index (χ3n) is 4.55. The number of carbonyl (C=O) groups is 2. The highest BCUT2D eigenvalue weighted by Gasteiger charge is 2.28. The number of nitrogens with one attached hydrogen (secondary N) is 2. The van der Waals surface area contributed by atoms with Gasteiger partial charge in [0, 0.05) is 18.2 Å². The molecule has 6 nitrogen and oxygen atoms in total. The Kier molecular flexibility index (Phi) is 6.08. The number of rotatable bonds is 6. The summed E-state index contributed by atoms with van der Waals surface area (Å²) in [6.45, 7) is 4.61. The van der Waals surface area contributed by atoms with Gasteiger partial charge < -0.3 is 15.0 Å². The van der Waals surface area contributed by atoms with Gasteiger partial charge in [-0.15, -0.1) is 0 Å². The molecule has 1 aliphatic rings. The van der Waals surface area contributed by atoms with E-state index >= 15 is 0 Å². The Hall–Kier alpha value is -2.86. The van der Waals surface area contributed by atoms with E-state index in [0.717, 1.165) is 5.75 Å². The van der Waals surface area contributed by atoms with Crippen LogP contribution in [0.25, 0.3) is 0 Å². The van der Waals surface area contributed by atoms with E-state index in [4.69, 9.17) is 4.74 Å². The molecule has 1 aliphatic heterocycles. The van der Waals surface area contributed by atoms with Gasteiger partial charge in [0.25, 0.3) is 0 Å². The molecule has 142 valence electrons. The Morgan fingerprint density at radius 1 is 1.15 bits per heavy atom. The number of ether oxygens (including phenoxy) is 1. The van der Waals surface area contributed by atoms with Gasteiger partial charge in [0.1, 0.15) is 18.0 Å². The number of hydrogen-bond donors (Lipinski definition) is 2. The quantitative estimate of drug-likeness (QED) is 0.822. The minimum atomic E-state index is -0.218. The summed E-state index contributed by atoms with van der Waals surface area (Å²) in [5.41, 5.74) is 0.665. The monoisotopic (exact) mass is 367 g/mol. The van der Waals surface area contributed by atoms with Crippen molar-refractivity contribution in [2.75, 3.05) is 18.5 Å². The molecule has 2 N–H and O–H groups in total. The Labute approximate surface area is 159 Å². The van der Waals surface area contributed by atoms with Crippen LogP contribution in [0.5, 0.6) is 11.5 Å². The van der Waals surface area contributed by atoms with Gasteiger partial charge in [-0.2, -0.15) is 0 Å². The Bertz CT molecular complexity index is 775. The fourth-order valence-electron chi connectivity index (χ4n) is 2.93. The lowest BCUT2D eigenvalue weighted by molar-refractivity contribution is -0.138. The third kappa shape index (κ3) is 5.31. The van der Waals surface area contributed by atoms with E-state index in [0.29, 0.717) is 30.4 Å². The van der Waals surface area contributed by atoms with E-state index in [9.17, 15) is 9.59 Å². The highest BCUT2D eigenvalue weighted by atomic mass is 16.5. The lowest BCUT2D eigenvalue weighted by Gasteiger charge is -2.34. The Balaban J connectivity index is 1.50. The van der Waals surface area contributed by atoms with Crippen molar-refractivity contribution < 1.29 is 14.3 Å². The molecular formula is C21H25N3O3. The Morgan fingerprint density at radius 3 is 2.44 bits per heavy atom. The van der Waals surface area contributed by atoms with Gasteiger partial charge in [0.15, 0.2) is 0 Å². The average molecular weight is 367 g/mol. The van der Waals surface area contributed by atoms with E-state index in [1.54, 1.807) is 29.2 Å². The molecule has 0 aromatic heterocycles. The number of para-hydroxylation sites is 1. The first-order valence-electron chi connectivity index (χ1n) is 9.15. The van der Waals surface area contributed by atoms with E-state index in [1.165, 1.54) is 0 Å². The summed E-state index contributed by atoms with van der Waals surface area (Å²) >= 11 is 0. The molecule has 0 saturated carbocycles. The third-order valence-corrected chi connectivity index (χ3v) is 4.55. The maximum atomic E-state index is 12.3. The van der Waals surface area contributed by atoms with Crippen molar-refractivity contribution in [1.29, 1.82) is 0 Å². The van der Waals surface area contributed by atoms with E-state index in [1.807, 2.05) is 30.3 Å². The van der Waals surface area contributed by atoms with E-state index in [-0.39, 0.29) is 24.4 Å². The average Bonchev–Trinajstić information content (AvgIpc) is 2.65.